The quantitative estimate of drug-likeness (QED) is 0.875. The van der Waals surface area contributed by atoms with Gasteiger partial charge in [-0.2, -0.15) is 5.10 Å². The largest absolute Gasteiger partial charge is 0.364 e. The number of rotatable bonds is 4. The number of carbonyl (C=O) groups is 1. The number of hydrogen-bond acceptors (Lipinski definition) is 5. The van der Waals surface area contributed by atoms with Crippen LogP contribution in [0.25, 0.3) is 17.2 Å². The molecule has 108 valence electrons. The molecule has 0 fully saturated rings. The molecule has 0 saturated carbocycles. The molecule has 0 aliphatic heterocycles. The van der Waals surface area contributed by atoms with Gasteiger partial charge >= 0.3 is 0 Å². The Morgan fingerprint density at radius 3 is 2.76 bits per heavy atom. The van der Waals surface area contributed by atoms with E-state index in [1.54, 1.807) is 18.3 Å². The molecule has 2 aromatic heterocycles. The number of carbonyl (C=O) groups excluding carboxylic acids is 1. The maximum Gasteiger partial charge on any atom is 0.267 e. The van der Waals surface area contributed by atoms with E-state index < -0.39 is 5.91 Å². The van der Waals surface area contributed by atoms with Crippen LogP contribution in [-0.4, -0.2) is 27.3 Å². The van der Waals surface area contributed by atoms with Gasteiger partial charge in [-0.05, 0) is 30.9 Å². The van der Waals surface area contributed by atoms with Gasteiger partial charge in [0.05, 0.1) is 6.20 Å². The standard InChI is InChI=1S/C14H13ClN4OS/c1-3-4-9-10(8-5-6-17-19-12(8)15)7-11(13(16)20)18-14(9)21-2/h3-7H,1-2H3,(H2,16,20)/b4-3-. The summed E-state index contributed by atoms with van der Waals surface area (Å²) in [6.07, 6.45) is 7.24. The Labute approximate surface area is 131 Å². The van der Waals surface area contributed by atoms with Crippen molar-refractivity contribution in [2.45, 2.75) is 11.9 Å². The fourth-order valence-electron chi connectivity index (χ4n) is 1.88. The van der Waals surface area contributed by atoms with Gasteiger partial charge < -0.3 is 5.73 Å². The lowest BCUT2D eigenvalue weighted by atomic mass is 10.0. The molecule has 2 aromatic rings. The van der Waals surface area contributed by atoms with Crippen LogP contribution in [0.2, 0.25) is 5.15 Å². The SMILES string of the molecule is C/C=C\c1c(-c2ccnnc2Cl)cc(C(N)=O)nc1SC. The highest BCUT2D eigenvalue weighted by Crippen LogP contribution is 2.34. The molecule has 0 atom stereocenters. The lowest BCUT2D eigenvalue weighted by Gasteiger charge is -2.12. The summed E-state index contributed by atoms with van der Waals surface area (Å²) in [5.41, 5.74) is 7.84. The molecule has 7 heteroatoms. The summed E-state index contributed by atoms with van der Waals surface area (Å²) in [6.45, 7) is 1.91. The minimum atomic E-state index is -0.586. The van der Waals surface area contributed by atoms with Gasteiger partial charge in [0.15, 0.2) is 5.15 Å². The maximum atomic E-state index is 11.5. The summed E-state index contributed by atoms with van der Waals surface area (Å²) in [5, 5.41) is 8.53. The highest BCUT2D eigenvalue weighted by molar-refractivity contribution is 7.98. The molecule has 21 heavy (non-hydrogen) atoms. The van der Waals surface area contributed by atoms with Crippen molar-refractivity contribution in [3.05, 3.63) is 40.8 Å². The fourth-order valence-corrected chi connectivity index (χ4v) is 2.68. The van der Waals surface area contributed by atoms with E-state index >= 15 is 0 Å². The Morgan fingerprint density at radius 1 is 1.43 bits per heavy atom. The fraction of sp³-hybridized carbons (Fsp3) is 0.143. The summed E-state index contributed by atoms with van der Waals surface area (Å²) >= 11 is 7.55. The number of hydrogen-bond donors (Lipinski definition) is 1. The van der Waals surface area contributed by atoms with Gasteiger partial charge in [-0.15, -0.1) is 16.9 Å². The smallest absolute Gasteiger partial charge is 0.267 e. The topological polar surface area (TPSA) is 81.8 Å². The van der Waals surface area contributed by atoms with E-state index in [0.717, 1.165) is 11.1 Å². The third-order valence-corrected chi connectivity index (χ3v) is 3.75. The molecule has 0 saturated heterocycles. The Kier molecular flexibility index (Phi) is 4.93. The molecule has 2 N–H and O–H groups in total. The molecule has 2 heterocycles. The lowest BCUT2D eigenvalue weighted by Crippen LogP contribution is -2.14. The third kappa shape index (κ3) is 3.22. The van der Waals surface area contributed by atoms with Gasteiger partial charge in [0.1, 0.15) is 10.7 Å². The summed E-state index contributed by atoms with van der Waals surface area (Å²) in [6, 6.07) is 3.37. The predicted molar refractivity (Wildman–Crippen MR) is 85.3 cm³/mol. The number of allylic oxidation sites excluding steroid dienone is 1. The van der Waals surface area contributed by atoms with Crippen molar-refractivity contribution in [1.29, 1.82) is 0 Å². The van der Waals surface area contributed by atoms with Gasteiger partial charge in [-0.25, -0.2) is 4.98 Å². The number of thioether (sulfide) groups is 1. The molecule has 0 bridgehead atoms. The van der Waals surface area contributed by atoms with Crippen molar-refractivity contribution >= 4 is 35.3 Å². The zero-order valence-corrected chi connectivity index (χ0v) is 13.1. The van der Waals surface area contributed by atoms with Gasteiger partial charge in [-0.1, -0.05) is 23.8 Å². The van der Waals surface area contributed by atoms with Crippen LogP contribution in [0.1, 0.15) is 23.0 Å². The third-order valence-electron chi connectivity index (χ3n) is 2.77. The second-order valence-corrected chi connectivity index (χ2v) is 5.23. The van der Waals surface area contributed by atoms with E-state index in [4.69, 9.17) is 17.3 Å². The van der Waals surface area contributed by atoms with Crippen LogP contribution in [0.5, 0.6) is 0 Å². The molecular formula is C14H13ClN4OS. The number of nitrogens with zero attached hydrogens (tertiary/aromatic N) is 3. The van der Waals surface area contributed by atoms with E-state index in [0.29, 0.717) is 10.6 Å². The van der Waals surface area contributed by atoms with E-state index in [1.165, 1.54) is 11.8 Å². The van der Waals surface area contributed by atoms with Crippen molar-refractivity contribution in [1.82, 2.24) is 15.2 Å². The number of nitrogens with two attached hydrogens (primary N) is 1. The van der Waals surface area contributed by atoms with E-state index in [2.05, 4.69) is 15.2 Å². The second-order valence-electron chi connectivity index (χ2n) is 4.08. The zero-order valence-electron chi connectivity index (χ0n) is 11.5. The summed E-state index contributed by atoms with van der Waals surface area (Å²) in [5.74, 6) is -0.586. The minimum Gasteiger partial charge on any atom is -0.364 e. The molecule has 2 rings (SSSR count). The van der Waals surface area contributed by atoms with E-state index in [1.807, 2.05) is 25.3 Å². The Balaban J connectivity index is 2.81. The molecular weight excluding hydrogens is 308 g/mol. The van der Waals surface area contributed by atoms with E-state index in [9.17, 15) is 4.79 Å². The Morgan fingerprint density at radius 2 is 2.19 bits per heavy atom. The van der Waals surface area contributed by atoms with Crippen LogP contribution < -0.4 is 5.73 Å². The Hall–Kier alpha value is -1.92. The number of pyridine rings is 1. The van der Waals surface area contributed by atoms with Crippen LogP contribution in [0.15, 0.2) is 29.4 Å². The van der Waals surface area contributed by atoms with Crippen molar-refractivity contribution in [2.24, 2.45) is 5.73 Å². The first kappa shape index (κ1) is 15.5. The first-order valence-electron chi connectivity index (χ1n) is 6.07. The maximum absolute atomic E-state index is 11.5. The molecule has 1 amide bonds. The normalized spacial score (nSPS) is 11.0. The number of primary amides is 1. The molecule has 0 radical (unpaired) electrons. The lowest BCUT2D eigenvalue weighted by molar-refractivity contribution is 0.0995. The van der Waals surface area contributed by atoms with Crippen LogP contribution in [0, 0.1) is 0 Å². The van der Waals surface area contributed by atoms with Gasteiger partial charge in [0.25, 0.3) is 5.91 Å². The molecule has 0 unspecified atom stereocenters. The second kappa shape index (κ2) is 6.69. The van der Waals surface area contributed by atoms with Crippen molar-refractivity contribution in [2.75, 3.05) is 6.26 Å². The monoisotopic (exact) mass is 320 g/mol. The molecule has 0 spiro atoms. The summed E-state index contributed by atoms with van der Waals surface area (Å²) < 4.78 is 0. The van der Waals surface area contributed by atoms with Crippen LogP contribution >= 0.6 is 23.4 Å². The molecule has 0 aliphatic carbocycles. The zero-order chi connectivity index (χ0) is 15.4. The number of aromatic nitrogens is 3. The highest BCUT2D eigenvalue weighted by atomic mass is 35.5. The first-order valence-corrected chi connectivity index (χ1v) is 7.67. The van der Waals surface area contributed by atoms with Crippen LogP contribution in [-0.2, 0) is 0 Å². The van der Waals surface area contributed by atoms with Crippen molar-refractivity contribution in [3.63, 3.8) is 0 Å². The summed E-state index contributed by atoms with van der Waals surface area (Å²) in [4.78, 5) is 15.8. The molecule has 5 nitrogen and oxygen atoms in total. The van der Waals surface area contributed by atoms with Crippen LogP contribution in [0.4, 0.5) is 0 Å². The van der Waals surface area contributed by atoms with E-state index in [-0.39, 0.29) is 10.8 Å². The first-order chi connectivity index (χ1) is 10.1. The number of halogens is 1. The van der Waals surface area contributed by atoms with Crippen LogP contribution in [0.3, 0.4) is 0 Å². The van der Waals surface area contributed by atoms with Gasteiger partial charge in [0, 0.05) is 11.1 Å². The summed E-state index contributed by atoms with van der Waals surface area (Å²) in [7, 11) is 0. The van der Waals surface area contributed by atoms with Gasteiger partial charge in [0.2, 0.25) is 0 Å². The number of amides is 1. The average molecular weight is 321 g/mol. The molecule has 0 aliphatic rings. The predicted octanol–water partition coefficient (Wildman–Crippen LogP) is 3.05. The highest BCUT2D eigenvalue weighted by Gasteiger charge is 2.16. The Bertz CT molecular complexity index is 718. The van der Waals surface area contributed by atoms with Crippen molar-refractivity contribution in [3.8, 4) is 11.1 Å². The van der Waals surface area contributed by atoms with Crippen molar-refractivity contribution < 1.29 is 4.79 Å². The van der Waals surface area contributed by atoms with Gasteiger partial charge in [-0.3, -0.25) is 4.79 Å². The average Bonchev–Trinajstić information content (AvgIpc) is 2.48. The minimum absolute atomic E-state index is 0.190. The molecule has 0 aromatic carbocycles.